The number of rotatable bonds is 3. The molecule has 2 N–H and O–H groups in total. The Morgan fingerprint density at radius 3 is 2.73 bits per heavy atom. The predicted octanol–water partition coefficient (Wildman–Crippen LogP) is 0.529. The van der Waals surface area contributed by atoms with Crippen LogP contribution in [0.5, 0.6) is 0 Å². The van der Waals surface area contributed by atoms with Crippen molar-refractivity contribution in [3.8, 4) is 0 Å². The van der Waals surface area contributed by atoms with E-state index in [1.807, 2.05) is 6.92 Å². The van der Waals surface area contributed by atoms with Gasteiger partial charge in [-0.2, -0.15) is 0 Å². The molecule has 1 aliphatic heterocycles. The van der Waals surface area contributed by atoms with Crippen molar-refractivity contribution in [1.82, 2.24) is 0 Å². The van der Waals surface area contributed by atoms with Crippen molar-refractivity contribution in [3.63, 3.8) is 0 Å². The first-order valence-electron chi connectivity index (χ1n) is 4.24. The van der Waals surface area contributed by atoms with Gasteiger partial charge in [0.1, 0.15) is 0 Å². The van der Waals surface area contributed by atoms with Gasteiger partial charge in [-0.15, -0.1) is 0 Å². The summed E-state index contributed by atoms with van der Waals surface area (Å²) in [5.74, 6) is 0. The normalized spacial score (nSPS) is 23.5. The lowest BCUT2D eigenvalue weighted by molar-refractivity contribution is -0.0345. The zero-order chi connectivity index (χ0) is 8.10. The van der Waals surface area contributed by atoms with E-state index in [2.05, 4.69) is 0 Å². The topological polar surface area (TPSA) is 44.5 Å². The molecule has 0 saturated carbocycles. The molecule has 0 unspecified atom stereocenters. The van der Waals surface area contributed by atoms with Crippen LogP contribution in [0.15, 0.2) is 0 Å². The number of hydrogen-bond acceptors (Lipinski definition) is 3. The molecule has 3 heteroatoms. The molecule has 0 radical (unpaired) electrons. The highest BCUT2D eigenvalue weighted by molar-refractivity contribution is 4.63. The molecule has 0 aromatic carbocycles. The fourth-order valence-corrected chi connectivity index (χ4v) is 1.13. The molecule has 0 aromatic rings. The summed E-state index contributed by atoms with van der Waals surface area (Å²) in [5.41, 5.74) is 5.55. The molecule has 0 bridgehead atoms. The number of hydrogen-bond donors (Lipinski definition) is 1. The van der Waals surface area contributed by atoms with E-state index in [1.54, 1.807) is 0 Å². The van der Waals surface area contributed by atoms with Crippen LogP contribution in [0, 0.1) is 0 Å². The third kappa shape index (κ3) is 3.70. The van der Waals surface area contributed by atoms with E-state index in [1.165, 1.54) is 0 Å². The van der Waals surface area contributed by atoms with Crippen LogP contribution in [-0.4, -0.2) is 32.0 Å². The van der Waals surface area contributed by atoms with Gasteiger partial charge in [0, 0.05) is 19.3 Å². The second-order valence-electron chi connectivity index (χ2n) is 3.12. The third-order valence-electron chi connectivity index (χ3n) is 1.76. The Morgan fingerprint density at radius 1 is 1.55 bits per heavy atom. The molecule has 0 amide bonds. The molecule has 1 heterocycles. The molecular weight excluding hydrogens is 142 g/mol. The average molecular weight is 159 g/mol. The SMILES string of the molecule is C[C@H](N)COC1CCOCC1. The first-order valence-corrected chi connectivity index (χ1v) is 4.24. The minimum atomic E-state index is 0.151. The lowest BCUT2D eigenvalue weighted by Gasteiger charge is -2.23. The lowest BCUT2D eigenvalue weighted by atomic mass is 10.1. The zero-order valence-corrected chi connectivity index (χ0v) is 7.08. The average Bonchev–Trinajstić information content (AvgIpc) is 2.03. The summed E-state index contributed by atoms with van der Waals surface area (Å²) in [6.07, 6.45) is 2.43. The highest BCUT2D eigenvalue weighted by Crippen LogP contribution is 2.10. The van der Waals surface area contributed by atoms with Crippen molar-refractivity contribution >= 4 is 0 Å². The minimum absolute atomic E-state index is 0.151. The van der Waals surface area contributed by atoms with E-state index in [4.69, 9.17) is 15.2 Å². The van der Waals surface area contributed by atoms with Gasteiger partial charge >= 0.3 is 0 Å². The Kier molecular flexibility index (Phi) is 3.83. The van der Waals surface area contributed by atoms with Gasteiger partial charge in [-0.3, -0.25) is 0 Å². The van der Waals surface area contributed by atoms with Crippen molar-refractivity contribution in [2.75, 3.05) is 19.8 Å². The second-order valence-corrected chi connectivity index (χ2v) is 3.12. The maximum atomic E-state index is 5.55. The van der Waals surface area contributed by atoms with Crippen molar-refractivity contribution in [2.24, 2.45) is 5.73 Å². The summed E-state index contributed by atoms with van der Waals surface area (Å²) in [4.78, 5) is 0. The largest absolute Gasteiger partial charge is 0.381 e. The fourth-order valence-electron chi connectivity index (χ4n) is 1.13. The lowest BCUT2D eigenvalue weighted by Crippen LogP contribution is -2.29. The highest BCUT2D eigenvalue weighted by atomic mass is 16.5. The van der Waals surface area contributed by atoms with Crippen LogP contribution < -0.4 is 5.73 Å². The molecule has 0 spiro atoms. The standard InChI is InChI=1S/C8H17NO2/c1-7(9)6-11-8-2-4-10-5-3-8/h7-8H,2-6,9H2,1H3/t7-/m0/s1. The Bertz CT molecular complexity index is 100. The van der Waals surface area contributed by atoms with Crippen molar-refractivity contribution in [1.29, 1.82) is 0 Å². The second kappa shape index (κ2) is 4.70. The van der Waals surface area contributed by atoms with Gasteiger partial charge in [0.15, 0.2) is 0 Å². The maximum Gasteiger partial charge on any atom is 0.0619 e. The molecular formula is C8H17NO2. The smallest absolute Gasteiger partial charge is 0.0619 e. The summed E-state index contributed by atoms with van der Waals surface area (Å²) >= 11 is 0. The van der Waals surface area contributed by atoms with Gasteiger partial charge < -0.3 is 15.2 Å². The summed E-state index contributed by atoms with van der Waals surface area (Å²) in [5, 5.41) is 0. The summed E-state index contributed by atoms with van der Waals surface area (Å²) in [7, 11) is 0. The molecule has 1 rings (SSSR count). The highest BCUT2D eigenvalue weighted by Gasteiger charge is 2.13. The first kappa shape index (κ1) is 8.97. The van der Waals surface area contributed by atoms with E-state index >= 15 is 0 Å². The van der Waals surface area contributed by atoms with Crippen LogP contribution in [-0.2, 0) is 9.47 Å². The summed E-state index contributed by atoms with van der Waals surface area (Å²) < 4.78 is 10.7. The minimum Gasteiger partial charge on any atom is -0.381 e. The van der Waals surface area contributed by atoms with Crippen LogP contribution >= 0.6 is 0 Å². The predicted molar refractivity (Wildman–Crippen MR) is 43.4 cm³/mol. The molecule has 66 valence electrons. The van der Waals surface area contributed by atoms with Crippen molar-refractivity contribution in [3.05, 3.63) is 0 Å². The molecule has 0 aromatic heterocycles. The van der Waals surface area contributed by atoms with Crippen molar-refractivity contribution in [2.45, 2.75) is 31.9 Å². The molecule has 1 saturated heterocycles. The molecule has 0 aliphatic carbocycles. The first-order chi connectivity index (χ1) is 5.29. The van der Waals surface area contributed by atoms with E-state index in [-0.39, 0.29) is 6.04 Å². The zero-order valence-electron chi connectivity index (χ0n) is 7.08. The maximum absolute atomic E-state index is 5.55. The number of ether oxygens (including phenoxy) is 2. The fraction of sp³-hybridized carbons (Fsp3) is 1.00. The molecule has 11 heavy (non-hydrogen) atoms. The van der Waals surface area contributed by atoms with Crippen LogP contribution in [0.3, 0.4) is 0 Å². The van der Waals surface area contributed by atoms with E-state index in [9.17, 15) is 0 Å². The molecule has 1 fully saturated rings. The van der Waals surface area contributed by atoms with E-state index in [0.29, 0.717) is 12.7 Å². The Hall–Kier alpha value is -0.120. The van der Waals surface area contributed by atoms with Gasteiger partial charge in [0.2, 0.25) is 0 Å². The van der Waals surface area contributed by atoms with Crippen LogP contribution in [0.1, 0.15) is 19.8 Å². The van der Waals surface area contributed by atoms with Gasteiger partial charge in [-0.25, -0.2) is 0 Å². The van der Waals surface area contributed by atoms with Crippen LogP contribution in [0.4, 0.5) is 0 Å². The van der Waals surface area contributed by atoms with Gasteiger partial charge in [0.05, 0.1) is 12.7 Å². The molecule has 1 atom stereocenters. The van der Waals surface area contributed by atoms with E-state index < -0.39 is 0 Å². The van der Waals surface area contributed by atoms with Crippen LogP contribution in [0.2, 0.25) is 0 Å². The summed E-state index contributed by atoms with van der Waals surface area (Å²) in [6, 6.07) is 0.151. The Labute approximate surface area is 67.9 Å². The van der Waals surface area contributed by atoms with Crippen LogP contribution in [0.25, 0.3) is 0 Å². The monoisotopic (exact) mass is 159 g/mol. The van der Waals surface area contributed by atoms with Crippen molar-refractivity contribution < 1.29 is 9.47 Å². The third-order valence-corrected chi connectivity index (χ3v) is 1.76. The van der Waals surface area contributed by atoms with Gasteiger partial charge in [-0.1, -0.05) is 0 Å². The quantitative estimate of drug-likeness (QED) is 0.653. The van der Waals surface area contributed by atoms with Gasteiger partial charge in [-0.05, 0) is 19.8 Å². The Morgan fingerprint density at radius 2 is 2.18 bits per heavy atom. The van der Waals surface area contributed by atoms with Gasteiger partial charge in [0.25, 0.3) is 0 Å². The summed E-state index contributed by atoms with van der Waals surface area (Å²) in [6.45, 7) is 4.30. The Balaban J connectivity index is 2.05. The molecule has 1 aliphatic rings. The van der Waals surface area contributed by atoms with E-state index in [0.717, 1.165) is 26.1 Å². The molecule has 3 nitrogen and oxygen atoms in total. The number of nitrogens with two attached hydrogens (primary N) is 1.